The normalized spacial score (nSPS) is 21.8. The summed E-state index contributed by atoms with van der Waals surface area (Å²) < 4.78 is 5.51. The van der Waals surface area contributed by atoms with Crippen LogP contribution in [-0.2, 0) is 20.8 Å². The van der Waals surface area contributed by atoms with E-state index in [1.165, 1.54) is 31.4 Å². The Hall–Kier alpha value is -3.58. The Kier molecular flexibility index (Phi) is 11.0. The second kappa shape index (κ2) is 14.2. The SMILES string of the molecule is CC(=O)c1cc(CC(=O)N[C@H]2CCCCNC(=O)c3coc(n3)[C@H](CC(C)C)NC(=O)[C@H]([C@@H](C)O)NC2=O)cs1. The zero-order valence-electron chi connectivity index (χ0n) is 23.1. The Labute approximate surface area is 236 Å². The number of Topliss-reactive ketones (excluding diaryl/α,β-unsaturated/α-hetero) is 1. The molecular formula is C27H37N5O7S. The van der Waals surface area contributed by atoms with Gasteiger partial charge in [0.1, 0.15) is 24.4 Å². The quantitative estimate of drug-likeness (QED) is 0.309. The van der Waals surface area contributed by atoms with Crippen LogP contribution >= 0.6 is 11.3 Å². The first-order valence-electron chi connectivity index (χ1n) is 13.3. The number of fused-ring (bicyclic) bond motifs is 2. The molecule has 0 fully saturated rings. The molecule has 0 spiro atoms. The standard InChI is InChI=1S/C27H37N5O7S/c1-14(2)9-19-27-31-20(12-39-27)24(36)28-8-6-5-7-18(25(37)32-23(16(4)34)26(38)30-19)29-22(35)11-17-10-21(15(3)33)40-13-17/h10,12-14,16,18-19,23,34H,5-9,11H2,1-4H3,(H,28,36)(H,29,35)(H,30,38)(H,32,37)/t16-,18+,19+,23+/m1/s1. The summed E-state index contributed by atoms with van der Waals surface area (Å²) in [5.41, 5.74) is 0.729. The summed E-state index contributed by atoms with van der Waals surface area (Å²) in [6.07, 6.45) is 1.60. The zero-order valence-corrected chi connectivity index (χ0v) is 23.9. The van der Waals surface area contributed by atoms with Crippen molar-refractivity contribution in [2.45, 2.75) is 84.0 Å². The van der Waals surface area contributed by atoms with Crippen molar-refractivity contribution in [3.8, 4) is 0 Å². The van der Waals surface area contributed by atoms with Crippen molar-refractivity contribution in [2.75, 3.05) is 6.54 Å². The summed E-state index contributed by atoms with van der Waals surface area (Å²) in [5.74, 6) is -1.98. The van der Waals surface area contributed by atoms with E-state index in [9.17, 15) is 29.1 Å². The largest absolute Gasteiger partial charge is 0.446 e. The van der Waals surface area contributed by atoms with Crippen molar-refractivity contribution in [1.29, 1.82) is 0 Å². The lowest BCUT2D eigenvalue weighted by Crippen LogP contribution is -2.57. The molecule has 0 aliphatic carbocycles. The van der Waals surface area contributed by atoms with Gasteiger partial charge >= 0.3 is 0 Å². The van der Waals surface area contributed by atoms with E-state index in [0.29, 0.717) is 36.2 Å². The molecule has 0 radical (unpaired) electrons. The molecule has 0 saturated carbocycles. The van der Waals surface area contributed by atoms with E-state index in [1.54, 1.807) is 11.4 Å². The number of hydrogen-bond acceptors (Lipinski definition) is 9. The van der Waals surface area contributed by atoms with Gasteiger partial charge in [-0.3, -0.25) is 24.0 Å². The summed E-state index contributed by atoms with van der Waals surface area (Å²) in [6, 6.07) is -1.37. The van der Waals surface area contributed by atoms with Crippen molar-refractivity contribution in [3.05, 3.63) is 39.7 Å². The second-order valence-corrected chi connectivity index (χ2v) is 11.3. The van der Waals surface area contributed by atoms with Crippen LogP contribution in [0.3, 0.4) is 0 Å². The van der Waals surface area contributed by atoms with E-state index < -0.39 is 47.9 Å². The fraction of sp³-hybridized carbons (Fsp3) is 0.556. The van der Waals surface area contributed by atoms with E-state index in [2.05, 4.69) is 26.3 Å². The van der Waals surface area contributed by atoms with Gasteiger partial charge in [-0.1, -0.05) is 13.8 Å². The molecule has 2 aromatic rings. The number of carbonyl (C=O) groups is 5. The highest BCUT2D eigenvalue weighted by molar-refractivity contribution is 7.12. The third kappa shape index (κ3) is 8.71. The van der Waals surface area contributed by atoms with Crippen LogP contribution in [0.2, 0.25) is 0 Å². The molecule has 12 nitrogen and oxygen atoms in total. The summed E-state index contributed by atoms with van der Waals surface area (Å²) in [4.78, 5) is 68.3. The first-order valence-corrected chi connectivity index (χ1v) is 14.2. The smallest absolute Gasteiger partial charge is 0.273 e. The van der Waals surface area contributed by atoms with E-state index in [1.807, 2.05) is 13.8 Å². The molecule has 5 N–H and O–H groups in total. The lowest BCUT2D eigenvalue weighted by Gasteiger charge is -2.27. The van der Waals surface area contributed by atoms with Crippen LogP contribution in [0.25, 0.3) is 0 Å². The van der Waals surface area contributed by atoms with Crippen molar-refractivity contribution in [3.63, 3.8) is 0 Å². The Morgan fingerprint density at radius 1 is 1.18 bits per heavy atom. The van der Waals surface area contributed by atoms with Crippen LogP contribution in [0, 0.1) is 5.92 Å². The molecule has 1 aliphatic rings. The van der Waals surface area contributed by atoms with Crippen molar-refractivity contribution < 1.29 is 33.5 Å². The van der Waals surface area contributed by atoms with Crippen LogP contribution in [0.5, 0.6) is 0 Å². The highest BCUT2D eigenvalue weighted by Crippen LogP contribution is 2.22. The van der Waals surface area contributed by atoms with Crippen molar-refractivity contribution in [1.82, 2.24) is 26.3 Å². The van der Waals surface area contributed by atoms with Crippen LogP contribution in [0.15, 0.2) is 22.1 Å². The number of thiophene rings is 1. The molecule has 218 valence electrons. The summed E-state index contributed by atoms with van der Waals surface area (Å²) in [7, 11) is 0. The van der Waals surface area contributed by atoms with E-state index in [0.717, 1.165) is 0 Å². The number of carbonyl (C=O) groups excluding carboxylic acids is 5. The molecule has 3 rings (SSSR count). The zero-order chi connectivity index (χ0) is 29.4. The maximum atomic E-state index is 13.3. The molecule has 13 heteroatoms. The predicted octanol–water partition coefficient (Wildman–Crippen LogP) is 1.65. The molecule has 4 amide bonds. The molecule has 2 aromatic heterocycles. The van der Waals surface area contributed by atoms with Gasteiger partial charge in [-0.05, 0) is 62.5 Å². The van der Waals surface area contributed by atoms with Gasteiger partial charge in [-0.2, -0.15) is 0 Å². The van der Waals surface area contributed by atoms with Crippen molar-refractivity contribution >= 4 is 40.7 Å². The molecule has 2 bridgehead atoms. The van der Waals surface area contributed by atoms with Crippen LogP contribution in [-0.4, -0.2) is 64.2 Å². The minimum absolute atomic E-state index is 0.0297. The molecule has 40 heavy (non-hydrogen) atoms. The fourth-order valence-corrected chi connectivity index (χ4v) is 5.10. The summed E-state index contributed by atoms with van der Waals surface area (Å²) in [6.45, 7) is 7.03. The average molecular weight is 576 g/mol. The number of ketones is 1. The van der Waals surface area contributed by atoms with Gasteiger partial charge in [-0.25, -0.2) is 4.98 Å². The molecule has 1 aliphatic heterocycles. The Bertz CT molecular complexity index is 1220. The number of aliphatic hydroxyl groups excluding tert-OH is 1. The lowest BCUT2D eigenvalue weighted by atomic mass is 10.0. The van der Waals surface area contributed by atoms with Crippen LogP contribution in [0.4, 0.5) is 0 Å². The van der Waals surface area contributed by atoms with Gasteiger partial charge in [0.15, 0.2) is 11.5 Å². The van der Waals surface area contributed by atoms with E-state index >= 15 is 0 Å². The minimum Gasteiger partial charge on any atom is -0.446 e. The second-order valence-electron chi connectivity index (χ2n) is 10.4. The highest BCUT2D eigenvalue weighted by atomic mass is 32.1. The van der Waals surface area contributed by atoms with E-state index in [4.69, 9.17) is 4.42 Å². The number of hydrogen-bond donors (Lipinski definition) is 5. The average Bonchev–Trinajstić information content (AvgIpc) is 3.55. The van der Waals surface area contributed by atoms with Crippen LogP contribution < -0.4 is 21.3 Å². The third-order valence-corrected chi connectivity index (χ3v) is 7.44. The fourth-order valence-electron chi connectivity index (χ4n) is 4.28. The van der Waals surface area contributed by atoms with Crippen LogP contribution in [0.1, 0.15) is 91.0 Å². The first-order chi connectivity index (χ1) is 18.9. The monoisotopic (exact) mass is 575 g/mol. The molecule has 0 unspecified atom stereocenters. The molecule has 3 heterocycles. The summed E-state index contributed by atoms with van der Waals surface area (Å²) in [5, 5.41) is 22.9. The lowest BCUT2D eigenvalue weighted by molar-refractivity contribution is -0.134. The first kappa shape index (κ1) is 31.0. The van der Waals surface area contributed by atoms with Gasteiger partial charge in [-0.15, -0.1) is 11.3 Å². The van der Waals surface area contributed by atoms with E-state index in [-0.39, 0.29) is 36.1 Å². The number of aliphatic hydroxyl groups is 1. The summed E-state index contributed by atoms with van der Waals surface area (Å²) >= 11 is 1.24. The molecule has 0 aromatic carbocycles. The Morgan fingerprint density at radius 3 is 2.58 bits per heavy atom. The highest BCUT2D eigenvalue weighted by Gasteiger charge is 2.32. The molecule has 4 atom stereocenters. The Morgan fingerprint density at radius 2 is 1.93 bits per heavy atom. The maximum absolute atomic E-state index is 13.3. The number of nitrogens with zero attached hydrogens (tertiary/aromatic N) is 1. The molecule has 0 saturated heterocycles. The predicted molar refractivity (Wildman–Crippen MR) is 147 cm³/mol. The number of oxazole rings is 1. The number of aromatic nitrogens is 1. The van der Waals surface area contributed by atoms with Gasteiger partial charge in [0.05, 0.1) is 17.4 Å². The molecular weight excluding hydrogens is 538 g/mol. The Balaban J connectivity index is 1.81. The van der Waals surface area contributed by atoms with Gasteiger partial charge in [0, 0.05) is 6.54 Å². The van der Waals surface area contributed by atoms with Gasteiger partial charge < -0.3 is 30.8 Å². The minimum atomic E-state index is -1.32. The third-order valence-electron chi connectivity index (χ3n) is 6.36. The van der Waals surface area contributed by atoms with Gasteiger partial charge in [0.25, 0.3) is 5.91 Å². The topological polar surface area (TPSA) is 180 Å². The number of amides is 4. The van der Waals surface area contributed by atoms with Crippen molar-refractivity contribution in [2.24, 2.45) is 5.92 Å². The maximum Gasteiger partial charge on any atom is 0.273 e. The van der Waals surface area contributed by atoms with Gasteiger partial charge in [0.2, 0.25) is 23.6 Å². The number of rotatable bonds is 7. The number of nitrogens with one attached hydrogen (secondary N) is 4.